The third-order valence-electron chi connectivity index (χ3n) is 3.82. The largest absolute Gasteiger partial charge is 0.496 e. The van der Waals surface area contributed by atoms with Gasteiger partial charge in [-0.3, -0.25) is 9.59 Å². The number of hydrogen-bond donors (Lipinski definition) is 1. The molecule has 0 aromatic heterocycles. The van der Waals surface area contributed by atoms with Crippen molar-refractivity contribution in [1.29, 1.82) is 0 Å². The molecule has 1 N–H and O–H groups in total. The molecule has 114 valence electrons. The van der Waals surface area contributed by atoms with E-state index in [1.807, 2.05) is 6.92 Å². The Labute approximate surface area is 123 Å². The van der Waals surface area contributed by atoms with Gasteiger partial charge in [0.1, 0.15) is 11.5 Å². The summed E-state index contributed by atoms with van der Waals surface area (Å²) in [4.78, 5) is 25.0. The number of carbonyl (C=O) groups excluding carboxylic acids is 1. The average Bonchev–Trinajstić information content (AvgIpc) is 2.96. The molecule has 1 saturated heterocycles. The molecule has 1 heterocycles. The minimum Gasteiger partial charge on any atom is -0.496 e. The maximum Gasteiger partial charge on any atom is 0.308 e. The highest BCUT2D eigenvalue weighted by Crippen LogP contribution is 2.30. The van der Waals surface area contributed by atoms with Crippen LogP contribution >= 0.6 is 0 Å². The van der Waals surface area contributed by atoms with E-state index in [9.17, 15) is 9.59 Å². The van der Waals surface area contributed by atoms with E-state index < -0.39 is 11.9 Å². The maximum absolute atomic E-state index is 12.5. The summed E-state index contributed by atoms with van der Waals surface area (Å²) in [7, 11) is 3.07. The first-order valence-electron chi connectivity index (χ1n) is 6.72. The van der Waals surface area contributed by atoms with Crippen LogP contribution in [0.5, 0.6) is 11.5 Å². The number of carboxylic acids is 1. The van der Waals surface area contributed by atoms with Crippen LogP contribution in [0.2, 0.25) is 0 Å². The van der Waals surface area contributed by atoms with Gasteiger partial charge in [0.2, 0.25) is 0 Å². The molecular weight excluding hydrogens is 274 g/mol. The Bertz CT molecular complexity index is 544. The van der Waals surface area contributed by atoms with E-state index in [0.29, 0.717) is 30.0 Å². The van der Waals surface area contributed by atoms with Crippen molar-refractivity contribution in [1.82, 2.24) is 4.90 Å². The second-order valence-electron chi connectivity index (χ2n) is 5.08. The van der Waals surface area contributed by atoms with Crippen LogP contribution in [0.4, 0.5) is 0 Å². The predicted octanol–water partition coefficient (Wildman–Crippen LogP) is 1.56. The molecule has 0 spiro atoms. The van der Waals surface area contributed by atoms with Crippen molar-refractivity contribution in [3.8, 4) is 11.5 Å². The van der Waals surface area contributed by atoms with Crippen LogP contribution in [0.25, 0.3) is 0 Å². The minimum atomic E-state index is -0.857. The predicted molar refractivity (Wildman–Crippen MR) is 75.9 cm³/mol. The Balaban J connectivity index is 2.26. The van der Waals surface area contributed by atoms with Gasteiger partial charge in [0.05, 0.1) is 20.1 Å². The number of aliphatic carboxylic acids is 1. The van der Waals surface area contributed by atoms with Gasteiger partial charge in [-0.1, -0.05) is 0 Å². The normalized spacial score (nSPS) is 17.7. The lowest BCUT2D eigenvalue weighted by molar-refractivity contribution is -0.141. The van der Waals surface area contributed by atoms with Gasteiger partial charge in [-0.15, -0.1) is 0 Å². The topological polar surface area (TPSA) is 76.1 Å². The fourth-order valence-electron chi connectivity index (χ4n) is 2.54. The molecule has 1 fully saturated rings. The fraction of sp³-hybridized carbons (Fsp3) is 0.467. The van der Waals surface area contributed by atoms with Crippen LogP contribution in [0.1, 0.15) is 22.3 Å². The number of amides is 1. The Kier molecular flexibility index (Phi) is 4.35. The van der Waals surface area contributed by atoms with E-state index in [1.165, 1.54) is 14.2 Å². The van der Waals surface area contributed by atoms with Crippen molar-refractivity contribution in [2.75, 3.05) is 27.3 Å². The zero-order valence-corrected chi connectivity index (χ0v) is 12.4. The Morgan fingerprint density at radius 3 is 2.24 bits per heavy atom. The maximum atomic E-state index is 12.5. The van der Waals surface area contributed by atoms with Crippen LogP contribution in [-0.4, -0.2) is 49.2 Å². The second kappa shape index (κ2) is 6.03. The van der Waals surface area contributed by atoms with Crippen LogP contribution in [0.15, 0.2) is 12.1 Å². The number of likely N-dealkylation sites (tertiary alicyclic amines) is 1. The quantitative estimate of drug-likeness (QED) is 0.911. The van der Waals surface area contributed by atoms with E-state index in [-0.39, 0.29) is 12.5 Å². The van der Waals surface area contributed by atoms with Crippen molar-refractivity contribution in [2.45, 2.75) is 13.3 Å². The smallest absolute Gasteiger partial charge is 0.308 e. The lowest BCUT2D eigenvalue weighted by Gasteiger charge is -2.18. The highest BCUT2D eigenvalue weighted by atomic mass is 16.5. The number of methoxy groups -OCH3 is 2. The molecule has 1 aromatic rings. The first-order valence-corrected chi connectivity index (χ1v) is 6.72. The molecule has 0 radical (unpaired) electrons. The van der Waals surface area contributed by atoms with Crippen molar-refractivity contribution in [3.05, 3.63) is 23.3 Å². The highest BCUT2D eigenvalue weighted by molar-refractivity contribution is 5.96. The summed E-state index contributed by atoms with van der Waals surface area (Å²) in [6, 6.07) is 3.32. The molecule has 0 bridgehead atoms. The summed E-state index contributed by atoms with van der Waals surface area (Å²) in [5.74, 6) is -0.388. The van der Waals surface area contributed by atoms with Crippen molar-refractivity contribution in [2.24, 2.45) is 5.92 Å². The molecule has 21 heavy (non-hydrogen) atoms. The Hall–Kier alpha value is -2.24. The average molecular weight is 293 g/mol. The molecule has 2 rings (SSSR count). The van der Waals surface area contributed by atoms with Crippen LogP contribution in [-0.2, 0) is 4.79 Å². The summed E-state index contributed by atoms with van der Waals surface area (Å²) in [5, 5.41) is 9.01. The third-order valence-corrected chi connectivity index (χ3v) is 3.82. The van der Waals surface area contributed by atoms with Gasteiger partial charge in [-0.2, -0.15) is 0 Å². The van der Waals surface area contributed by atoms with Gasteiger partial charge in [-0.05, 0) is 25.5 Å². The van der Waals surface area contributed by atoms with Gasteiger partial charge in [0.25, 0.3) is 5.91 Å². The zero-order valence-electron chi connectivity index (χ0n) is 12.4. The molecular formula is C15H19NO5. The number of hydrogen-bond acceptors (Lipinski definition) is 4. The number of rotatable bonds is 4. The van der Waals surface area contributed by atoms with Crippen molar-refractivity contribution >= 4 is 11.9 Å². The standard InChI is InChI=1S/C15H19NO5/c1-9-12(20-2)6-11(7-13(9)21-3)14(17)16-5-4-10(8-16)15(18)19/h6-7,10H,4-5,8H2,1-3H3,(H,18,19)/t10-/m0/s1. The Morgan fingerprint density at radius 2 is 1.81 bits per heavy atom. The summed E-state index contributed by atoms with van der Waals surface area (Å²) < 4.78 is 10.5. The van der Waals surface area contributed by atoms with Gasteiger partial charge in [-0.25, -0.2) is 0 Å². The molecule has 6 nitrogen and oxygen atoms in total. The fourth-order valence-corrected chi connectivity index (χ4v) is 2.54. The summed E-state index contributed by atoms with van der Waals surface area (Å²) >= 11 is 0. The molecule has 0 saturated carbocycles. The van der Waals surface area contributed by atoms with Crippen LogP contribution < -0.4 is 9.47 Å². The molecule has 0 aliphatic carbocycles. The number of benzene rings is 1. The molecule has 0 unspecified atom stereocenters. The second-order valence-corrected chi connectivity index (χ2v) is 5.08. The minimum absolute atomic E-state index is 0.199. The van der Waals surface area contributed by atoms with Gasteiger partial charge < -0.3 is 19.5 Å². The molecule has 1 atom stereocenters. The van der Waals surface area contributed by atoms with Crippen LogP contribution in [0, 0.1) is 12.8 Å². The molecule has 6 heteroatoms. The number of carbonyl (C=O) groups is 2. The number of ether oxygens (including phenoxy) is 2. The first kappa shape index (κ1) is 15.2. The zero-order chi connectivity index (χ0) is 15.6. The third kappa shape index (κ3) is 2.94. The van der Waals surface area contributed by atoms with Gasteiger partial charge >= 0.3 is 5.97 Å². The van der Waals surface area contributed by atoms with E-state index in [0.717, 1.165) is 5.56 Å². The lowest BCUT2D eigenvalue weighted by Crippen LogP contribution is -2.30. The van der Waals surface area contributed by atoms with E-state index in [4.69, 9.17) is 14.6 Å². The molecule has 1 aliphatic rings. The van der Waals surface area contributed by atoms with Gasteiger partial charge in [0, 0.05) is 24.2 Å². The van der Waals surface area contributed by atoms with Gasteiger partial charge in [0.15, 0.2) is 0 Å². The van der Waals surface area contributed by atoms with E-state index in [2.05, 4.69) is 0 Å². The summed E-state index contributed by atoms with van der Waals surface area (Å²) in [5.41, 5.74) is 1.27. The number of carboxylic acid groups (broad SMARTS) is 1. The Morgan fingerprint density at radius 1 is 1.24 bits per heavy atom. The van der Waals surface area contributed by atoms with Crippen molar-refractivity contribution < 1.29 is 24.2 Å². The summed E-state index contributed by atoms with van der Waals surface area (Å²) in [6.07, 6.45) is 0.487. The summed E-state index contributed by atoms with van der Waals surface area (Å²) in [6.45, 7) is 2.54. The van der Waals surface area contributed by atoms with Crippen molar-refractivity contribution in [3.63, 3.8) is 0 Å². The monoisotopic (exact) mass is 293 g/mol. The lowest BCUT2D eigenvalue weighted by atomic mass is 10.1. The van der Waals surface area contributed by atoms with E-state index >= 15 is 0 Å². The SMILES string of the molecule is COc1cc(C(=O)N2CC[C@H](C(=O)O)C2)cc(OC)c1C. The molecule has 1 aromatic carbocycles. The van der Waals surface area contributed by atoms with E-state index in [1.54, 1.807) is 17.0 Å². The number of nitrogens with zero attached hydrogens (tertiary/aromatic N) is 1. The molecule has 1 amide bonds. The van der Waals surface area contributed by atoms with Crippen LogP contribution in [0.3, 0.4) is 0 Å². The first-order chi connectivity index (χ1) is 9.97. The molecule has 1 aliphatic heterocycles. The highest BCUT2D eigenvalue weighted by Gasteiger charge is 2.31.